The molecule has 116 valence electrons. The second kappa shape index (κ2) is 8.44. The van der Waals surface area contributed by atoms with E-state index in [4.69, 9.17) is 0 Å². The first-order valence-electron chi connectivity index (χ1n) is 7.75. The van der Waals surface area contributed by atoms with Gasteiger partial charge < -0.3 is 10.2 Å². The molecule has 0 fully saturated rings. The van der Waals surface area contributed by atoms with Crippen molar-refractivity contribution >= 4 is 17.7 Å². The first kappa shape index (κ1) is 16.4. The molecule has 0 spiro atoms. The zero-order chi connectivity index (χ0) is 15.1. The number of hydrogen-bond acceptors (Lipinski definition) is 3. The number of hydrogen-bond donors (Lipinski definition) is 1. The lowest BCUT2D eigenvalue weighted by Gasteiger charge is -2.26. The van der Waals surface area contributed by atoms with Crippen LogP contribution >= 0.6 is 11.8 Å². The molecular weight excluding hydrogens is 280 g/mol. The van der Waals surface area contributed by atoms with E-state index in [1.807, 2.05) is 11.8 Å². The highest BCUT2D eigenvalue weighted by atomic mass is 32.2. The predicted octanol–water partition coefficient (Wildman–Crippen LogP) is 2.87. The molecule has 0 heterocycles. The number of fused-ring (bicyclic) bond motifs is 1. The van der Waals surface area contributed by atoms with Crippen LogP contribution in [-0.4, -0.2) is 43.0 Å². The summed E-state index contributed by atoms with van der Waals surface area (Å²) in [7, 11) is 2.08. The Kier molecular flexibility index (Phi) is 6.58. The van der Waals surface area contributed by atoms with E-state index in [0.29, 0.717) is 6.42 Å². The molecule has 1 aliphatic rings. The highest BCUT2D eigenvalue weighted by molar-refractivity contribution is 7.98. The molecule has 0 aliphatic heterocycles. The van der Waals surface area contributed by atoms with Crippen molar-refractivity contribution in [1.29, 1.82) is 0 Å². The average Bonchev–Trinajstić information content (AvgIpc) is 2.51. The molecule has 4 heteroatoms. The molecule has 1 amide bonds. The van der Waals surface area contributed by atoms with E-state index in [2.05, 4.69) is 47.8 Å². The fourth-order valence-corrected chi connectivity index (χ4v) is 3.32. The first-order valence-corrected chi connectivity index (χ1v) is 9.14. The topological polar surface area (TPSA) is 32.3 Å². The zero-order valence-corrected chi connectivity index (χ0v) is 13.9. The third kappa shape index (κ3) is 5.04. The Balaban J connectivity index is 1.81. The molecular formula is C17H26N2OS. The number of carbonyl (C=O) groups is 1. The molecule has 1 atom stereocenters. The summed E-state index contributed by atoms with van der Waals surface area (Å²) in [5, 5.41) is 3.22. The summed E-state index contributed by atoms with van der Waals surface area (Å²) >= 11 is 1.84. The second-order valence-electron chi connectivity index (χ2n) is 5.76. The van der Waals surface area contributed by atoms with Crippen LogP contribution in [0.25, 0.3) is 0 Å². The van der Waals surface area contributed by atoms with E-state index in [1.54, 1.807) is 0 Å². The van der Waals surface area contributed by atoms with Crippen LogP contribution in [0.4, 0.5) is 0 Å². The zero-order valence-electron chi connectivity index (χ0n) is 13.1. The second-order valence-corrected chi connectivity index (χ2v) is 6.74. The lowest BCUT2D eigenvalue weighted by molar-refractivity contribution is -0.122. The minimum Gasteiger partial charge on any atom is -0.349 e. The molecule has 1 aliphatic carbocycles. The Morgan fingerprint density at radius 1 is 1.38 bits per heavy atom. The Morgan fingerprint density at radius 3 is 3.00 bits per heavy atom. The minimum absolute atomic E-state index is 0.174. The van der Waals surface area contributed by atoms with E-state index in [9.17, 15) is 4.79 Å². The predicted molar refractivity (Wildman–Crippen MR) is 90.8 cm³/mol. The molecule has 1 aromatic carbocycles. The number of nitrogens with one attached hydrogen (secondary N) is 1. The van der Waals surface area contributed by atoms with Crippen molar-refractivity contribution in [3.63, 3.8) is 0 Å². The number of aryl methyl sites for hydroxylation is 1. The summed E-state index contributed by atoms with van der Waals surface area (Å²) in [6.45, 7) is 1.88. The van der Waals surface area contributed by atoms with Gasteiger partial charge in [-0.1, -0.05) is 24.3 Å². The van der Waals surface area contributed by atoms with Crippen LogP contribution in [0.5, 0.6) is 0 Å². The molecule has 21 heavy (non-hydrogen) atoms. The van der Waals surface area contributed by atoms with Crippen molar-refractivity contribution in [1.82, 2.24) is 10.2 Å². The van der Waals surface area contributed by atoms with Crippen LogP contribution in [0, 0.1) is 0 Å². The van der Waals surface area contributed by atoms with Crippen LogP contribution in [-0.2, 0) is 11.2 Å². The SMILES string of the molecule is CSCCN(C)CCC(=O)N[C@H]1CCCc2ccccc21. The maximum Gasteiger partial charge on any atom is 0.221 e. The Labute approximate surface area is 132 Å². The van der Waals surface area contributed by atoms with E-state index >= 15 is 0 Å². The fourth-order valence-electron chi connectivity index (χ4n) is 2.82. The van der Waals surface area contributed by atoms with Crippen molar-refractivity contribution in [3.05, 3.63) is 35.4 Å². The van der Waals surface area contributed by atoms with Gasteiger partial charge in [0, 0.05) is 25.3 Å². The smallest absolute Gasteiger partial charge is 0.221 e. The van der Waals surface area contributed by atoms with Gasteiger partial charge in [0.05, 0.1) is 6.04 Å². The lowest BCUT2D eigenvalue weighted by Crippen LogP contribution is -2.33. The molecule has 0 saturated carbocycles. The Morgan fingerprint density at radius 2 is 2.19 bits per heavy atom. The molecule has 0 unspecified atom stereocenters. The van der Waals surface area contributed by atoms with Crippen LogP contribution in [0.1, 0.15) is 36.4 Å². The quantitative estimate of drug-likeness (QED) is 0.841. The van der Waals surface area contributed by atoms with E-state index in [0.717, 1.165) is 38.1 Å². The standard InChI is InChI=1S/C17H26N2OS/c1-19(12-13-21-2)11-10-17(20)18-16-9-5-7-14-6-3-4-8-15(14)16/h3-4,6,8,16H,5,7,9-13H2,1-2H3,(H,18,20)/t16-/m0/s1. The van der Waals surface area contributed by atoms with Crippen LogP contribution in [0.15, 0.2) is 24.3 Å². The van der Waals surface area contributed by atoms with Gasteiger partial charge in [0.2, 0.25) is 5.91 Å². The van der Waals surface area contributed by atoms with Gasteiger partial charge in [0.1, 0.15) is 0 Å². The van der Waals surface area contributed by atoms with Gasteiger partial charge in [0.15, 0.2) is 0 Å². The largest absolute Gasteiger partial charge is 0.349 e. The molecule has 0 bridgehead atoms. The molecule has 2 rings (SSSR count). The van der Waals surface area contributed by atoms with Gasteiger partial charge in [-0.15, -0.1) is 0 Å². The number of amides is 1. The summed E-state index contributed by atoms with van der Waals surface area (Å²) in [5.41, 5.74) is 2.71. The number of carbonyl (C=O) groups excluding carboxylic acids is 1. The summed E-state index contributed by atoms with van der Waals surface area (Å²) in [5.74, 6) is 1.29. The molecule has 0 aromatic heterocycles. The Bertz CT molecular complexity index is 464. The number of rotatable bonds is 7. The van der Waals surface area contributed by atoms with Gasteiger partial charge in [0.25, 0.3) is 0 Å². The lowest BCUT2D eigenvalue weighted by atomic mass is 9.87. The Hall–Kier alpha value is -1.00. The van der Waals surface area contributed by atoms with E-state index in [-0.39, 0.29) is 11.9 Å². The van der Waals surface area contributed by atoms with Crippen molar-refractivity contribution in [2.24, 2.45) is 0 Å². The summed E-state index contributed by atoms with van der Waals surface area (Å²) in [6.07, 6.45) is 6.06. The van der Waals surface area contributed by atoms with E-state index < -0.39 is 0 Å². The normalized spacial score (nSPS) is 17.6. The highest BCUT2D eigenvalue weighted by Crippen LogP contribution is 2.29. The maximum atomic E-state index is 12.2. The third-order valence-corrected chi connectivity index (χ3v) is 4.69. The summed E-state index contributed by atoms with van der Waals surface area (Å²) < 4.78 is 0. The van der Waals surface area contributed by atoms with Crippen molar-refractivity contribution in [2.75, 3.05) is 32.1 Å². The summed E-state index contributed by atoms with van der Waals surface area (Å²) in [6, 6.07) is 8.70. The first-order chi connectivity index (χ1) is 10.2. The van der Waals surface area contributed by atoms with Gasteiger partial charge in [-0.2, -0.15) is 11.8 Å². The highest BCUT2D eigenvalue weighted by Gasteiger charge is 2.21. The third-order valence-electron chi connectivity index (χ3n) is 4.10. The maximum absolute atomic E-state index is 12.2. The van der Waals surface area contributed by atoms with Crippen LogP contribution in [0.3, 0.4) is 0 Å². The van der Waals surface area contributed by atoms with Crippen molar-refractivity contribution in [3.8, 4) is 0 Å². The number of thioether (sulfide) groups is 1. The molecule has 0 radical (unpaired) electrons. The molecule has 1 N–H and O–H groups in total. The van der Waals surface area contributed by atoms with Crippen molar-refractivity contribution < 1.29 is 4.79 Å². The van der Waals surface area contributed by atoms with Crippen molar-refractivity contribution in [2.45, 2.75) is 31.7 Å². The number of nitrogens with zero attached hydrogens (tertiary/aromatic N) is 1. The number of benzene rings is 1. The van der Waals surface area contributed by atoms with Crippen LogP contribution in [0.2, 0.25) is 0 Å². The summed E-state index contributed by atoms with van der Waals surface area (Å²) in [4.78, 5) is 14.4. The molecule has 1 aromatic rings. The van der Waals surface area contributed by atoms with Gasteiger partial charge in [-0.05, 0) is 43.7 Å². The minimum atomic E-state index is 0.174. The average molecular weight is 306 g/mol. The van der Waals surface area contributed by atoms with Gasteiger partial charge >= 0.3 is 0 Å². The fraction of sp³-hybridized carbons (Fsp3) is 0.588. The van der Waals surface area contributed by atoms with Gasteiger partial charge in [-0.3, -0.25) is 4.79 Å². The molecule has 0 saturated heterocycles. The van der Waals surface area contributed by atoms with Gasteiger partial charge in [-0.25, -0.2) is 0 Å². The monoisotopic (exact) mass is 306 g/mol. The molecule has 3 nitrogen and oxygen atoms in total. The van der Waals surface area contributed by atoms with E-state index in [1.165, 1.54) is 11.1 Å². The van der Waals surface area contributed by atoms with Crippen LogP contribution < -0.4 is 5.32 Å².